The highest BCUT2D eigenvalue weighted by Gasteiger charge is 2.15. The maximum Gasteiger partial charge on any atom is 0.253 e. The Morgan fingerprint density at radius 1 is 1.15 bits per heavy atom. The number of para-hydroxylation sites is 1. The number of benzene rings is 2. The normalized spacial score (nSPS) is 12.4. The van der Waals surface area contributed by atoms with Crippen molar-refractivity contribution in [3.05, 3.63) is 59.2 Å². The van der Waals surface area contributed by atoms with Gasteiger partial charge in [-0.2, -0.15) is 0 Å². The van der Waals surface area contributed by atoms with Crippen LogP contribution in [0.1, 0.15) is 35.3 Å². The summed E-state index contributed by atoms with van der Waals surface area (Å²) in [7, 11) is 0. The van der Waals surface area contributed by atoms with Crippen molar-refractivity contribution in [2.45, 2.75) is 26.7 Å². The van der Waals surface area contributed by atoms with Crippen LogP contribution in [0.25, 0.3) is 0 Å². The highest BCUT2D eigenvalue weighted by molar-refractivity contribution is 6.04. The van der Waals surface area contributed by atoms with E-state index < -0.39 is 0 Å². The van der Waals surface area contributed by atoms with Crippen LogP contribution in [0.2, 0.25) is 0 Å². The predicted molar refractivity (Wildman–Crippen MR) is 102 cm³/mol. The number of nitrogens with one attached hydrogen (secondary N) is 2. The van der Waals surface area contributed by atoms with Gasteiger partial charge in [0, 0.05) is 13.0 Å². The standard InChI is InChI=1S/C21H24N2O3/c1-14(2)13-22-21(25)17-5-3-4-6-18(17)23-20(24)12-15-7-8-19-16(11-15)9-10-26-19/h3-8,11,14H,9-10,12-13H2,1-2H3,(H,22,25)(H,23,24). The van der Waals surface area contributed by atoms with E-state index >= 15 is 0 Å². The lowest BCUT2D eigenvalue weighted by atomic mass is 10.1. The minimum Gasteiger partial charge on any atom is -0.493 e. The van der Waals surface area contributed by atoms with Gasteiger partial charge in [0.25, 0.3) is 5.91 Å². The second-order valence-electron chi connectivity index (χ2n) is 6.91. The highest BCUT2D eigenvalue weighted by atomic mass is 16.5. The zero-order valence-electron chi connectivity index (χ0n) is 15.2. The Hall–Kier alpha value is -2.82. The Balaban J connectivity index is 1.66. The van der Waals surface area contributed by atoms with Gasteiger partial charge in [0.1, 0.15) is 5.75 Å². The predicted octanol–water partition coefficient (Wildman–Crippen LogP) is 3.19. The quantitative estimate of drug-likeness (QED) is 0.839. The number of hydrogen-bond donors (Lipinski definition) is 2. The first-order valence-corrected chi connectivity index (χ1v) is 8.94. The van der Waals surface area contributed by atoms with Gasteiger partial charge in [-0.15, -0.1) is 0 Å². The number of amides is 2. The van der Waals surface area contributed by atoms with Crippen molar-refractivity contribution < 1.29 is 14.3 Å². The van der Waals surface area contributed by atoms with E-state index in [4.69, 9.17) is 4.74 Å². The van der Waals surface area contributed by atoms with Gasteiger partial charge in [-0.1, -0.05) is 38.1 Å². The molecule has 136 valence electrons. The second kappa shape index (κ2) is 8.04. The fourth-order valence-corrected chi connectivity index (χ4v) is 2.91. The monoisotopic (exact) mass is 352 g/mol. The van der Waals surface area contributed by atoms with Crippen LogP contribution in [0.15, 0.2) is 42.5 Å². The number of rotatable bonds is 6. The molecule has 0 aromatic heterocycles. The number of anilines is 1. The summed E-state index contributed by atoms with van der Waals surface area (Å²) in [5, 5.41) is 5.75. The van der Waals surface area contributed by atoms with Crippen LogP contribution in [0, 0.1) is 5.92 Å². The zero-order chi connectivity index (χ0) is 18.5. The van der Waals surface area contributed by atoms with Gasteiger partial charge in [0.2, 0.25) is 5.91 Å². The summed E-state index contributed by atoms with van der Waals surface area (Å²) in [6.45, 7) is 5.37. The van der Waals surface area contributed by atoms with Crippen molar-refractivity contribution in [2.75, 3.05) is 18.5 Å². The first-order valence-electron chi connectivity index (χ1n) is 8.94. The molecule has 0 radical (unpaired) electrons. The van der Waals surface area contributed by atoms with Crippen LogP contribution in [-0.4, -0.2) is 25.0 Å². The molecule has 3 rings (SSSR count). The summed E-state index contributed by atoms with van der Waals surface area (Å²) in [6, 6.07) is 12.9. The summed E-state index contributed by atoms with van der Waals surface area (Å²) < 4.78 is 5.49. The van der Waals surface area contributed by atoms with Gasteiger partial charge in [0.05, 0.1) is 24.3 Å². The largest absolute Gasteiger partial charge is 0.493 e. The minimum atomic E-state index is -0.177. The lowest BCUT2D eigenvalue weighted by Gasteiger charge is -2.12. The third kappa shape index (κ3) is 4.42. The van der Waals surface area contributed by atoms with Crippen molar-refractivity contribution in [3.8, 4) is 5.75 Å². The van der Waals surface area contributed by atoms with Crippen molar-refractivity contribution in [2.24, 2.45) is 5.92 Å². The SMILES string of the molecule is CC(C)CNC(=O)c1ccccc1NC(=O)Cc1ccc2c(c1)CCO2. The fourth-order valence-electron chi connectivity index (χ4n) is 2.91. The van der Waals surface area contributed by atoms with Crippen LogP contribution in [0.3, 0.4) is 0 Å². The number of carbonyl (C=O) groups is 2. The molecule has 0 aliphatic carbocycles. The Morgan fingerprint density at radius 3 is 2.77 bits per heavy atom. The van der Waals surface area contributed by atoms with Gasteiger partial charge >= 0.3 is 0 Å². The van der Waals surface area contributed by atoms with Crippen LogP contribution in [0.4, 0.5) is 5.69 Å². The van der Waals surface area contributed by atoms with E-state index in [0.29, 0.717) is 30.3 Å². The molecule has 5 heteroatoms. The average molecular weight is 352 g/mol. The molecule has 0 spiro atoms. The number of ether oxygens (including phenoxy) is 1. The van der Waals surface area contributed by atoms with Crippen LogP contribution in [-0.2, 0) is 17.6 Å². The van der Waals surface area contributed by atoms with Gasteiger partial charge in [-0.05, 0) is 35.2 Å². The molecule has 0 atom stereocenters. The molecule has 2 N–H and O–H groups in total. The minimum absolute atomic E-state index is 0.145. The smallest absolute Gasteiger partial charge is 0.253 e. The Labute approximate surface area is 153 Å². The molecule has 0 bridgehead atoms. The number of fused-ring (bicyclic) bond motifs is 1. The second-order valence-corrected chi connectivity index (χ2v) is 6.91. The fraction of sp³-hybridized carbons (Fsp3) is 0.333. The molecule has 2 amide bonds. The van der Waals surface area contributed by atoms with Gasteiger partial charge < -0.3 is 15.4 Å². The van der Waals surface area contributed by atoms with Crippen LogP contribution in [0.5, 0.6) is 5.75 Å². The molecule has 26 heavy (non-hydrogen) atoms. The maximum absolute atomic E-state index is 12.4. The Kier molecular flexibility index (Phi) is 5.56. The molecule has 5 nitrogen and oxygen atoms in total. The third-order valence-electron chi connectivity index (χ3n) is 4.24. The van der Waals surface area contributed by atoms with E-state index in [9.17, 15) is 9.59 Å². The molecule has 0 fully saturated rings. The van der Waals surface area contributed by atoms with E-state index in [1.54, 1.807) is 18.2 Å². The highest BCUT2D eigenvalue weighted by Crippen LogP contribution is 2.26. The number of hydrogen-bond acceptors (Lipinski definition) is 3. The van der Waals surface area contributed by atoms with Crippen molar-refractivity contribution in [1.29, 1.82) is 0 Å². The lowest BCUT2D eigenvalue weighted by Crippen LogP contribution is -2.28. The third-order valence-corrected chi connectivity index (χ3v) is 4.24. The molecule has 1 aliphatic heterocycles. The Morgan fingerprint density at radius 2 is 1.96 bits per heavy atom. The molecule has 0 saturated carbocycles. The summed E-state index contributed by atoms with van der Waals surface area (Å²) >= 11 is 0. The molecule has 1 aliphatic rings. The summed E-state index contributed by atoms with van der Waals surface area (Å²) in [5.41, 5.74) is 3.09. The first-order chi connectivity index (χ1) is 12.5. The molecular formula is C21H24N2O3. The molecular weight excluding hydrogens is 328 g/mol. The molecule has 2 aromatic carbocycles. The van der Waals surface area contributed by atoms with Crippen molar-refractivity contribution in [3.63, 3.8) is 0 Å². The molecule has 0 unspecified atom stereocenters. The van der Waals surface area contributed by atoms with E-state index in [2.05, 4.69) is 10.6 Å². The lowest BCUT2D eigenvalue weighted by molar-refractivity contribution is -0.115. The summed E-state index contributed by atoms with van der Waals surface area (Å²) in [5.74, 6) is 0.947. The summed E-state index contributed by atoms with van der Waals surface area (Å²) in [4.78, 5) is 24.8. The first kappa shape index (κ1) is 18.0. The molecule has 0 saturated heterocycles. The molecule has 2 aromatic rings. The van der Waals surface area contributed by atoms with E-state index in [-0.39, 0.29) is 18.2 Å². The van der Waals surface area contributed by atoms with Crippen molar-refractivity contribution >= 4 is 17.5 Å². The van der Waals surface area contributed by atoms with E-state index in [1.807, 2.05) is 38.1 Å². The van der Waals surface area contributed by atoms with Gasteiger partial charge in [-0.25, -0.2) is 0 Å². The van der Waals surface area contributed by atoms with Gasteiger partial charge in [-0.3, -0.25) is 9.59 Å². The van der Waals surface area contributed by atoms with Crippen LogP contribution < -0.4 is 15.4 Å². The van der Waals surface area contributed by atoms with E-state index in [0.717, 1.165) is 23.3 Å². The van der Waals surface area contributed by atoms with Crippen molar-refractivity contribution in [1.82, 2.24) is 5.32 Å². The summed E-state index contributed by atoms with van der Waals surface area (Å²) in [6.07, 6.45) is 1.14. The topological polar surface area (TPSA) is 67.4 Å². The number of carbonyl (C=O) groups excluding carboxylic acids is 2. The zero-order valence-corrected chi connectivity index (χ0v) is 15.2. The molecule has 1 heterocycles. The van der Waals surface area contributed by atoms with Gasteiger partial charge in [0.15, 0.2) is 0 Å². The average Bonchev–Trinajstić information content (AvgIpc) is 3.07. The van der Waals surface area contributed by atoms with Crippen LogP contribution >= 0.6 is 0 Å². The Bertz CT molecular complexity index is 815. The maximum atomic E-state index is 12.4. The van der Waals surface area contributed by atoms with E-state index in [1.165, 1.54) is 0 Å².